The SMILES string of the molecule is Cc1cccc(Cl)c1N1CC=C[C@]23O[C@@H]4/C=C\CCCCOC(=O)[C@@H]4[C@H]2C(=O)N([C@@H](CO)CC(C)C)C3C1=O. The lowest BCUT2D eigenvalue weighted by Gasteiger charge is -2.39. The van der Waals surface area contributed by atoms with Gasteiger partial charge in [0.15, 0.2) is 0 Å². The first-order valence-corrected chi connectivity index (χ1v) is 14.3. The van der Waals surface area contributed by atoms with E-state index in [-0.39, 0.29) is 37.5 Å². The highest BCUT2D eigenvalue weighted by molar-refractivity contribution is 6.34. The number of aliphatic hydroxyl groups excluding tert-OH is 1. The summed E-state index contributed by atoms with van der Waals surface area (Å²) in [5.74, 6) is -2.92. The normalized spacial score (nSPS) is 32.4. The standard InChI is InChI=1S/C30H37ClN2O6/c1-18(2)16-20(17-34)33-26-28(36)32(25-19(3)10-8-11-21(25)31)14-9-13-30(26)24(27(33)35)23-22(39-30)12-6-4-5-7-15-38-29(23)37/h6,8-13,18,20,22-24,26,34H,4-5,7,14-17H2,1-3H3/b12-6-/t20-,22-,23+,24+,26?,30+/m1/s1. The van der Waals surface area contributed by atoms with Gasteiger partial charge in [-0.05, 0) is 50.2 Å². The molecule has 1 unspecified atom stereocenters. The van der Waals surface area contributed by atoms with Crippen LogP contribution in [-0.4, -0.2) is 71.3 Å². The number of aliphatic hydroxyl groups is 1. The van der Waals surface area contributed by atoms with Crippen LogP contribution in [0.15, 0.2) is 42.5 Å². The number of carbonyl (C=O) groups is 3. The summed E-state index contributed by atoms with van der Waals surface area (Å²) in [5, 5.41) is 10.9. The molecule has 2 fully saturated rings. The molecule has 210 valence electrons. The second-order valence-corrected chi connectivity index (χ2v) is 11.8. The molecule has 1 N–H and O–H groups in total. The van der Waals surface area contributed by atoms with E-state index in [9.17, 15) is 19.5 Å². The number of hydrogen-bond acceptors (Lipinski definition) is 6. The van der Waals surface area contributed by atoms with E-state index in [0.29, 0.717) is 17.1 Å². The number of fused-ring (bicyclic) bond motifs is 2. The molecule has 8 nitrogen and oxygen atoms in total. The Bertz CT molecular complexity index is 1180. The van der Waals surface area contributed by atoms with Crippen LogP contribution in [0.1, 0.15) is 45.1 Å². The number of rotatable bonds is 5. The Labute approximate surface area is 234 Å². The minimum Gasteiger partial charge on any atom is -0.465 e. The number of aryl methyl sites for hydroxylation is 1. The number of carbonyl (C=O) groups excluding carboxylic acids is 3. The smallest absolute Gasteiger partial charge is 0.312 e. The van der Waals surface area contributed by atoms with E-state index < -0.39 is 41.6 Å². The minimum atomic E-state index is -1.39. The molecule has 4 aliphatic rings. The van der Waals surface area contributed by atoms with Gasteiger partial charge in [0.25, 0.3) is 5.91 Å². The summed E-state index contributed by atoms with van der Waals surface area (Å²) >= 11 is 6.60. The van der Waals surface area contributed by atoms with E-state index in [2.05, 4.69) is 0 Å². The molecule has 1 spiro atoms. The number of cyclic esters (lactones) is 1. The van der Waals surface area contributed by atoms with Gasteiger partial charge in [-0.3, -0.25) is 14.4 Å². The highest BCUT2D eigenvalue weighted by Crippen LogP contribution is 2.54. The molecule has 9 heteroatoms. The van der Waals surface area contributed by atoms with Crippen molar-refractivity contribution in [3.05, 3.63) is 53.1 Å². The lowest BCUT2D eigenvalue weighted by molar-refractivity contribution is -0.155. The van der Waals surface area contributed by atoms with Crippen LogP contribution in [0.5, 0.6) is 0 Å². The Hall–Kier alpha value is -2.68. The Morgan fingerprint density at radius 1 is 1.15 bits per heavy atom. The fourth-order valence-electron chi connectivity index (χ4n) is 6.74. The van der Waals surface area contributed by atoms with Crippen molar-refractivity contribution in [2.75, 3.05) is 24.7 Å². The van der Waals surface area contributed by atoms with E-state index in [1.165, 1.54) is 4.90 Å². The van der Waals surface area contributed by atoms with Crippen molar-refractivity contribution in [2.24, 2.45) is 17.8 Å². The third-order valence-electron chi connectivity index (χ3n) is 8.35. The molecule has 0 aliphatic carbocycles. The van der Waals surface area contributed by atoms with Crippen molar-refractivity contribution < 1.29 is 29.0 Å². The number of nitrogens with zero attached hydrogens (tertiary/aromatic N) is 2. The first-order chi connectivity index (χ1) is 18.7. The zero-order chi connectivity index (χ0) is 27.9. The van der Waals surface area contributed by atoms with Crippen molar-refractivity contribution in [2.45, 2.75) is 70.2 Å². The van der Waals surface area contributed by atoms with Crippen molar-refractivity contribution in [3.8, 4) is 0 Å². The topological polar surface area (TPSA) is 96.4 Å². The number of amides is 2. The number of esters is 1. The van der Waals surface area contributed by atoms with Crippen LogP contribution in [-0.2, 0) is 23.9 Å². The summed E-state index contributed by atoms with van der Waals surface area (Å²) in [4.78, 5) is 45.5. The first-order valence-electron chi connectivity index (χ1n) is 13.9. The monoisotopic (exact) mass is 556 g/mol. The molecule has 39 heavy (non-hydrogen) atoms. The molecule has 2 saturated heterocycles. The third kappa shape index (κ3) is 4.70. The molecule has 4 heterocycles. The van der Waals surface area contributed by atoms with Crippen LogP contribution < -0.4 is 4.90 Å². The molecule has 0 aromatic heterocycles. The molecule has 4 aliphatic heterocycles. The largest absolute Gasteiger partial charge is 0.465 e. The number of ether oxygens (including phenoxy) is 2. The van der Waals surface area contributed by atoms with Crippen molar-refractivity contribution in [3.63, 3.8) is 0 Å². The molecule has 6 atom stereocenters. The van der Waals surface area contributed by atoms with Gasteiger partial charge < -0.3 is 24.4 Å². The van der Waals surface area contributed by atoms with Crippen LogP contribution in [0, 0.1) is 24.7 Å². The van der Waals surface area contributed by atoms with Crippen molar-refractivity contribution in [1.29, 1.82) is 0 Å². The first kappa shape index (κ1) is 27.9. The molecular formula is C30H37ClN2O6. The molecule has 1 aromatic rings. The van der Waals surface area contributed by atoms with E-state index in [1.54, 1.807) is 17.0 Å². The molecule has 1 aromatic carbocycles. The number of hydrogen-bond donors (Lipinski definition) is 1. The quantitative estimate of drug-likeness (QED) is 0.437. The van der Waals surface area contributed by atoms with Gasteiger partial charge in [0.2, 0.25) is 5.91 Å². The Balaban J connectivity index is 1.66. The Morgan fingerprint density at radius 2 is 1.95 bits per heavy atom. The number of para-hydroxylation sites is 1. The average molecular weight is 557 g/mol. The van der Waals surface area contributed by atoms with Gasteiger partial charge in [-0.1, -0.05) is 61.9 Å². The highest BCUT2D eigenvalue weighted by atomic mass is 35.5. The van der Waals surface area contributed by atoms with E-state index >= 15 is 0 Å². The van der Waals surface area contributed by atoms with Gasteiger partial charge in [0.1, 0.15) is 17.6 Å². The van der Waals surface area contributed by atoms with Gasteiger partial charge in [-0.25, -0.2) is 0 Å². The van der Waals surface area contributed by atoms with E-state index in [0.717, 1.165) is 24.8 Å². The zero-order valence-corrected chi connectivity index (χ0v) is 23.5. The lowest BCUT2D eigenvalue weighted by Crippen LogP contribution is -2.58. The Kier molecular flexibility index (Phi) is 7.91. The van der Waals surface area contributed by atoms with Gasteiger partial charge in [0.05, 0.1) is 42.0 Å². The van der Waals surface area contributed by atoms with E-state index in [1.807, 2.05) is 51.1 Å². The molecular weight excluding hydrogens is 520 g/mol. The van der Waals surface area contributed by atoms with Gasteiger partial charge >= 0.3 is 5.97 Å². The minimum absolute atomic E-state index is 0.153. The molecule has 0 radical (unpaired) electrons. The molecule has 2 amide bonds. The fraction of sp³-hybridized carbons (Fsp3) is 0.567. The summed E-state index contributed by atoms with van der Waals surface area (Å²) in [6, 6.07) is 3.74. The van der Waals surface area contributed by atoms with Crippen LogP contribution >= 0.6 is 11.6 Å². The summed E-state index contributed by atoms with van der Waals surface area (Å²) in [5.41, 5.74) is -0.00110. The number of allylic oxidation sites excluding steroid dienone is 1. The van der Waals surface area contributed by atoms with Gasteiger partial charge in [0, 0.05) is 6.54 Å². The third-order valence-corrected chi connectivity index (χ3v) is 8.65. The predicted molar refractivity (Wildman–Crippen MR) is 147 cm³/mol. The maximum absolute atomic E-state index is 14.6. The Morgan fingerprint density at radius 3 is 2.67 bits per heavy atom. The highest BCUT2D eigenvalue weighted by Gasteiger charge is 2.72. The van der Waals surface area contributed by atoms with Crippen LogP contribution in [0.2, 0.25) is 5.02 Å². The second-order valence-electron chi connectivity index (χ2n) is 11.4. The van der Waals surface area contributed by atoms with E-state index in [4.69, 9.17) is 21.1 Å². The number of benzene rings is 1. The maximum atomic E-state index is 14.6. The summed E-state index contributed by atoms with van der Waals surface area (Å²) in [7, 11) is 0. The summed E-state index contributed by atoms with van der Waals surface area (Å²) in [6.07, 6.45) is 9.65. The predicted octanol–water partition coefficient (Wildman–Crippen LogP) is 3.82. The van der Waals surface area contributed by atoms with Crippen molar-refractivity contribution in [1.82, 2.24) is 4.90 Å². The van der Waals surface area contributed by atoms with Crippen LogP contribution in [0.4, 0.5) is 5.69 Å². The average Bonchev–Trinajstić information content (AvgIpc) is 3.28. The fourth-order valence-corrected chi connectivity index (χ4v) is 7.06. The number of halogens is 1. The maximum Gasteiger partial charge on any atom is 0.312 e. The summed E-state index contributed by atoms with van der Waals surface area (Å²) in [6.45, 7) is 6.08. The summed E-state index contributed by atoms with van der Waals surface area (Å²) < 4.78 is 12.3. The van der Waals surface area contributed by atoms with Gasteiger partial charge in [-0.15, -0.1) is 0 Å². The van der Waals surface area contributed by atoms with Crippen molar-refractivity contribution >= 4 is 35.1 Å². The number of anilines is 1. The lowest BCUT2D eigenvalue weighted by atomic mass is 9.78. The number of likely N-dealkylation sites (tertiary alicyclic amines) is 1. The van der Waals surface area contributed by atoms with Gasteiger partial charge in [-0.2, -0.15) is 0 Å². The van der Waals surface area contributed by atoms with Crippen LogP contribution in [0.3, 0.4) is 0 Å². The molecule has 5 rings (SSSR count). The van der Waals surface area contributed by atoms with Crippen LogP contribution in [0.25, 0.3) is 0 Å². The second kappa shape index (κ2) is 11.1. The molecule has 0 bridgehead atoms. The zero-order valence-electron chi connectivity index (χ0n) is 22.7. The molecule has 0 saturated carbocycles.